The molecule has 12 nitrogen and oxygen atoms in total. The molecule has 1 rings (SSSR count). The second-order valence-corrected chi connectivity index (χ2v) is 9.39. The number of urea groups is 1. The van der Waals surface area contributed by atoms with Crippen LogP contribution in [0.5, 0.6) is 0 Å². The monoisotopic (exact) mass is 620 g/mol. The Hall–Kier alpha value is -2.74. The van der Waals surface area contributed by atoms with Crippen molar-refractivity contribution in [3.05, 3.63) is 21.6 Å². The van der Waals surface area contributed by atoms with E-state index < -0.39 is 35.8 Å². The molecule has 1 heterocycles. The summed E-state index contributed by atoms with van der Waals surface area (Å²) in [6.45, 7) is 5.26. The summed E-state index contributed by atoms with van der Waals surface area (Å²) in [5, 5.41) is 9.86. The van der Waals surface area contributed by atoms with E-state index in [1.807, 2.05) is 0 Å². The Morgan fingerprint density at radius 3 is 2.17 bits per heavy atom. The van der Waals surface area contributed by atoms with Crippen LogP contribution in [0.15, 0.2) is 21.6 Å². The van der Waals surface area contributed by atoms with Gasteiger partial charge in [-0.15, -0.1) is 6.58 Å². The Bertz CT molecular complexity index is 870. The number of carbonyl (C=O) groups excluding carboxylic acids is 6. The van der Waals surface area contributed by atoms with Crippen molar-refractivity contribution in [2.45, 2.75) is 57.7 Å². The number of primary amides is 1. The molecule has 2 unspecified atom stereocenters. The molecule has 0 saturated heterocycles. The third kappa shape index (κ3) is 11.0. The number of nitrogens with zero attached hydrogens (tertiary/aromatic N) is 1. The van der Waals surface area contributed by atoms with E-state index >= 15 is 0 Å². The van der Waals surface area contributed by atoms with Gasteiger partial charge in [0.05, 0.1) is 13.0 Å². The van der Waals surface area contributed by atoms with Crippen LogP contribution in [0.25, 0.3) is 0 Å². The molecule has 2 atom stereocenters. The van der Waals surface area contributed by atoms with Crippen molar-refractivity contribution in [2.75, 3.05) is 13.1 Å². The summed E-state index contributed by atoms with van der Waals surface area (Å²) in [5.41, 5.74) is 5.10. The zero-order chi connectivity index (χ0) is 26.5. The Morgan fingerprint density at radius 1 is 0.971 bits per heavy atom. The van der Waals surface area contributed by atoms with Crippen molar-refractivity contribution >= 4 is 67.4 Å². The number of unbranched alkanes of at least 4 members (excludes halogenated alkanes) is 2. The molecule has 1 aliphatic rings. The first-order valence-electron chi connectivity index (χ1n) is 10.9. The second kappa shape index (κ2) is 15.3. The first kappa shape index (κ1) is 30.3. The fourth-order valence-corrected chi connectivity index (χ4v) is 3.87. The van der Waals surface area contributed by atoms with Gasteiger partial charge in [-0.3, -0.25) is 28.9 Å². The van der Waals surface area contributed by atoms with Gasteiger partial charge in [0.15, 0.2) is 0 Å². The number of hydrogen-bond donors (Lipinski definition) is 5. The van der Waals surface area contributed by atoms with Gasteiger partial charge in [0.25, 0.3) is 11.8 Å². The molecule has 0 aromatic rings. The Kier molecular flexibility index (Phi) is 13.2. The van der Waals surface area contributed by atoms with Gasteiger partial charge in [0, 0.05) is 19.0 Å². The van der Waals surface area contributed by atoms with Crippen LogP contribution < -0.4 is 27.0 Å². The van der Waals surface area contributed by atoms with E-state index in [9.17, 15) is 28.8 Å². The third-order valence-electron chi connectivity index (χ3n) is 4.76. The molecule has 7 amide bonds. The highest BCUT2D eigenvalue weighted by atomic mass is 79.9. The van der Waals surface area contributed by atoms with E-state index in [1.165, 1.54) is 0 Å². The number of hydrogen-bond acceptors (Lipinski definition) is 6. The molecule has 35 heavy (non-hydrogen) atoms. The van der Waals surface area contributed by atoms with Crippen LogP contribution in [-0.4, -0.2) is 65.8 Å². The highest BCUT2D eigenvalue weighted by molar-refractivity contribution is 9.14. The Labute approximate surface area is 220 Å². The summed E-state index contributed by atoms with van der Waals surface area (Å²) in [6, 6.07) is -1.08. The zero-order valence-corrected chi connectivity index (χ0v) is 22.5. The maximum absolute atomic E-state index is 12.1. The first-order chi connectivity index (χ1) is 16.5. The maximum atomic E-state index is 12.1. The summed E-state index contributed by atoms with van der Waals surface area (Å²) in [4.78, 5) is 72.4. The molecule has 0 bridgehead atoms. The van der Waals surface area contributed by atoms with Gasteiger partial charge in [-0.1, -0.05) is 12.5 Å². The largest absolute Gasteiger partial charge is 0.353 e. The molecule has 0 saturated carbocycles. The minimum Gasteiger partial charge on any atom is -0.353 e. The van der Waals surface area contributed by atoms with Gasteiger partial charge in [-0.2, -0.15) is 0 Å². The fourth-order valence-electron chi connectivity index (χ4n) is 3.10. The van der Waals surface area contributed by atoms with Crippen molar-refractivity contribution in [3.63, 3.8) is 0 Å². The van der Waals surface area contributed by atoms with Crippen molar-refractivity contribution in [2.24, 2.45) is 5.73 Å². The van der Waals surface area contributed by atoms with E-state index in [4.69, 9.17) is 5.73 Å². The van der Waals surface area contributed by atoms with Crippen LogP contribution in [-0.2, 0) is 24.0 Å². The molecule has 0 radical (unpaired) electrons. The molecule has 194 valence electrons. The lowest BCUT2D eigenvalue weighted by atomic mass is 10.2. The van der Waals surface area contributed by atoms with Crippen molar-refractivity contribution in [1.29, 1.82) is 0 Å². The molecule has 0 aromatic carbocycles. The number of carbonyl (C=O) groups is 6. The summed E-state index contributed by atoms with van der Waals surface area (Å²) in [5.74, 6) is -2.19. The number of amides is 7. The molecule has 0 spiro atoms. The maximum Gasteiger partial charge on any atom is 0.313 e. The molecule has 1 aliphatic heterocycles. The van der Waals surface area contributed by atoms with E-state index in [0.717, 1.165) is 4.90 Å². The van der Waals surface area contributed by atoms with Crippen molar-refractivity contribution < 1.29 is 28.8 Å². The van der Waals surface area contributed by atoms with Gasteiger partial charge in [0.2, 0.25) is 17.7 Å². The van der Waals surface area contributed by atoms with Crippen molar-refractivity contribution in [1.82, 2.24) is 26.2 Å². The van der Waals surface area contributed by atoms with Gasteiger partial charge < -0.3 is 27.0 Å². The second-order valence-electron chi connectivity index (χ2n) is 7.80. The SMILES string of the molecule is C=CCC(C)NC(=O)CC(NC(N)=O)NC(=O)CNC(=O)CCCCCN1C(=O)C(Br)=C(Br)C1=O. The van der Waals surface area contributed by atoms with Gasteiger partial charge >= 0.3 is 6.03 Å². The normalized spacial score (nSPS) is 14.9. The summed E-state index contributed by atoms with van der Waals surface area (Å²) < 4.78 is 0.382. The fraction of sp³-hybridized carbons (Fsp3) is 0.524. The molecule has 0 aromatic heterocycles. The summed E-state index contributed by atoms with van der Waals surface area (Å²) in [6.07, 6.45) is 2.68. The van der Waals surface area contributed by atoms with Crippen LogP contribution >= 0.6 is 31.9 Å². The Morgan fingerprint density at radius 2 is 1.60 bits per heavy atom. The van der Waals surface area contributed by atoms with E-state index in [-0.39, 0.29) is 46.8 Å². The topological polar surface area (TPSA) is 180 Å². The van der Waals surface area contributed by atoms with Crippen LogP contribution in [0.3, 0.4) is 0 Å². The number of imide groups is 1. The molecule has 6 N–H and O–H groups in total. The van der Waals surface area contributed by atoms with E-state index in [0.29, 0.717) is 25.7 Å². The highest BCUT2D eigenvalue weighted by Gasteiger charge is 2.35. The lowest BCUT2D eigenvalue weighted by molar-refractivity contribution is -0.137. The minimum atomic E-state index is -1.04. The molecule has 0 fully saturated rings. The average molecular weight is 622 g/mol. The number of nitrogens with two attached hydrogens (primary N) is 1. The molecule has 0 aliphatic carbocycles. The predicted molar refractivity (Wildman–Crippen MR) is 135 cm³/mol. The summed E-state index contributed by atoms with van der Waals surface area (Å²) in [7, 11) is 0. The predicted octanol–water partition coefficient (Wildman–Crippen LogP) is 0.615. The number of nitrogens with one attached hydrogen (secondary N) is 4. The standard InChI is InChI=1S/C21H30Br2N6O6/c1-3-7-12(2)26-15(31)10-13(28-21(24)35)27-16(32)11-25-14(30)8-5-4-6-9-29-19(33)17(22)18(23)20(29)34/h3,12-13H,1,4-11H2,2H3,(H,25,30)(H,26,31)(H,27,32)(H3,24,28,35). The van der Waals surface area contributed by atoms with Crippen LogP contribution in [0.4, 0.5) is 4.79 Å². The van der Waals surface area contributed by atoms with Crippen molar-refractivity contribution in [3.8, 4) is 0 Å². The van der Waals surface area contributed by atoms with Gasteiger partial charge in [-0.05, 0) is 58.0 Å². The van der Waals surface area contributed by atoms with E-state index in [2.05, 4.69) is 59.7 Å². The van der Waals surface area contributed by atoms with Crippen LogP contribution in [0.1, 0.15) is 45.4 Å². The molecular formula is C21H30Br2N6O6. The Balaban J connectivity index is 2.31. The van der Waals surface area contributed by atoms with Gasteiger partial charge in [0.1, 0.15) is 15.1 Å². The third-order valence-corrected chi connectivity index (χ3v) is 6.76. The van der Waals surface area contributed by atoms with E-state index in [1.54, 1.807) is 13.0 Å². The van der Waals surface area contributed by atoms with Gasteiger partial charge in [-0.25, -0.2) is 4.79 Å². The average Bonchev–Trinajstić information content (AvgIpc) is 2.94. The lowest BCUT2D eigenvalue weighted by Crippen LogP contribution is -2.54. The zero-order valence-electron chi connectivity index (χ0n) is 19.3. The number of rotatable bonds is 15. The minimum absolute atomic E-state index is 0.146. The summed E-state index contributed by atoms with van der Waals surface area (Å²) >= 11 is 6.12. The van der Waals surface area contributed by atoms with Crippen LogP contribution in [0.2, 0.25) is 0 Å². The molecular weight excluding hydrogens is 592 g/mol. The smallest absolute Gasteiger partial charge is 0.313 e. The molecule has 14 heteroatoms. The van der Waals surface area contributed by atoms with Crippen LogP contribution in [0, 0.1) is 0 Å². The quantitative estimate of drug-likeness (QED) is 0.0773. The lowest BCUT2D eigenvalue weighted by Gasteiger charge is -2.20. The first-order valence-corrected chi connectivity index (χ1v) is 12.5. The number of halogens is 2. The highest BCUT2D eigenvalue weighted by Crippen LogP contribution is 2.29.